The first-order valence-corrected chi connectivity index (χ1v) is 9.42. The molecule has 138 valence electrons. The Labute approximate surface area is 154 Å². The summed E-state index contributed by atoms with van der Waals surface area (Å²) in [6.45, 7) is 6.34. The molecule has 6 heteroatoms. The summed E-state index contributed by atoms with van der Waals surface area (Å²) < 4.78 is 1.73. The number of rotatable bonds is 4. The van der Waals surface area contributed by atoms with E-state index in [4.69, 9.17) is 0 Å². The molecule has 6 nitrogen and oxygen atoms in total. The number of amides is 1. The number of carbonyl (C=O) groups is 1. The van der Waals surface area contributed by atoms with Crippen LogP contribution in [0.4, 0.5) is 5.69 Å². The zero-order valence-corrected chi connectivity index (χ0v) is 15.6. The first-order valence-electron chi connectivity index (χ1n) is 9.42. The van der Waals surface area contributed by atoms with Gasteiger partial charge in [0.05, 0.1) is 17.9 Å². The number of carbonyl (C=O) groups excluding carboxylic acids is 1. The lowest BCUT2D eigenvalue weighted by atomic mass is 10.1. The van der Waals surface area contributed by atoms with Gasteiger partial charge in [0.2, 0.25) is 5.91 Å². The fourth-order valence-corrected chi connectivity index (χ4v) is 4.20. The highest BCUT2D eigenvalue weighted by Gasteiger charge is 2.29. The summed E-state index contributed by atoms with van der Waals surface area (Å²) in [4.78, 5) is 17.2. The van der Waals surface area contributed by atoms with E-state index in [0.717, 1.165) is 50.4 Å². The molecule has 1 amide bonds. The summed E-state index contributed by atoms with van der Waals surface area (Å²) in [5.74, 6) is 0.0443. The number of nitrogens with one attached hydrogen (secondary N) is 1. The highest BCUT2D eigenvalue weighted by atomic mass is 16.2. The Morgan fingerprint density at radius 3 is 2.38 bits per heavy atom. The van der Waals surface area contributed by atoms with Gasteiger partial charge in [-0.3, -0.25) is 19.3 Å². The number of aromatic nitrogens is 2. The molecule has 0 spiro atoms. The minimum Gasteiger partial charge on any atom is -0.322 e. The first-order chi connectivity index (χ1) is 12.6. The number of piperazine rings is 1. The fraction of sp³-hybridized carbons (Fsp3) is 0.500. The van der Waals surface area contributed by atoms with Gasteiger partial charge in [-0.25, -0.2) is 0 Å². The van der Waals surface area contributed by atoms with E-state index in [0.29, 0.717) is 12.6 Å². The van der Waals surface area contributed by atoms with Crippen molar-refractivity contribution in [2.75, 3.05) is 38.0 Å². The first kappa shape index (κ1) is 17.2. The normalized spacial score (nSPS) is 18.8. The van der Waals surface area contributed by atoms with Crippen LogP contribution in [0.25, 0.3) is 0 Å². The highest BCUT2D eigenvalue weighted by molar-refractivity contribution is 5.92. The second-order valence-corrected chi connectivity index (χ2v) is 7.49. The third kappa shape index (κ3) is 3.66. The molecule has 26 heavy (non-hydrogen) atoms. The third-order valence-electron chi connectivity index (χ3n) is 5.61. The van der Waals surface area contributed by atoms with Crippen LogP contribution in [0, 0.1) is 6.92 Å². The van der Waals surface area contributed by atoms with Gasteiger partial charge in [0.1, 0.15) is 0 Å². The van der Waals surface area contributed by atoms with E-state index < -0.39 is 0 Å². The van der Waals surface area contributed by atoms with Crippen molar-refractivity contribution in [1.82, 2.24) is 19.6 Å². The molecule has 2 aliphatic rings. The van der Waals surface area contributed by atoms with E-state index >= 15 is 0 Å². The lowest BCUT2D eigenvalue weighted by Crippen LogP contribution is -2.52. The van der Waals surface area contributed by atoms with E-state index in [-0.39, 0.29) is 5.91 Å². The van der Waals surface area contributed by atoms with Crippen LogP contribution >= 0.6 is 0 Å². The van der Waals surface area contributed by atoms with Gasteiger partial charge in [0, 0.05) is 45.5 Å². The summed E-state index contributed by atoms with van der Waals surface area (Å²) >= 11 is 0. The van der Waals surface area contributed by atoms with Crippen molar-refractivity contribution in [2.45, 2.75) is 25.8 Å². The van der Waals surface area contributed by atoms with Crippen LogP contribution in [0.3, 0.4) is 0 Å². The maximum absolute atomic E-state index is 12.3. The van der Waals surface area contributed by atoms with Crippen molar-refractivity contribution in [2.24, 2.45) is 7.05 Å². The standard InChI is InChI=1S/C20H27N5O/c1-15-19(13-23(2)22-15)21-20(26)14-24-7-9-25(10-8-24)18-11-16-5-3-4-6-17(16)12-18/h3-6,13,18H,7-12,14H2,1-2H3,(H,21,26). The van der Waals surface area contributed by atoms with Crippen LogP contribution < -0.4 is 5.32 Å². The smallest absolute Gasteiger partial charge is 0.238 e. The van der Waals surface area contributed by atoms with Crippen molar-refractivity contribution in [3.8, 4) is 0 Å². The third-order valence-corrected chi connectivity index (χ3v) is 5.61. The minimum absolute atomic E-state index is 0.0443. The Morgan fingerprint density at radius 1 is 1.15 bits per heavy atom. The Hall–Kier alpha value is -2.18. The van der Waals surface area contributed by atoms with Crippen molar-refractivity contribution in [3.05, 3.63) is 47.3 Å². The molecule has 0 bridgehead atoms. The molecule has 2 aromatic rings. The minimum atomic E-state index is 0.0443. The van der Waals surface area contributed by atoms with Gasteiger partial charge in [-0.2, -0.15) is 5.10 Å². The number of benzene rings is 1. The molecule has 0 saturated carbocycles. The van der Waals surface area contributed by atoms with Crippen LogP contribution in [0.15, 0.2) is 30.5 Å². The fourth-order valence-electron chi connectivity index (χ4n) is 4.20. The maximum atomic E-state index is 12.3. The molecule has 4 rings (SSSR count). The van der Waals surface area contributed by atoms with Gasteiger partial charge in [-0.1, -0.05) is 24.3 Å². The summed E-state index contributed by atoms with van der Waals surface area (Å²) in [5, 5.41) is 7.24. The van der Waals surface area contributed by atoms with Crippen LogP contribution in [-0.4, -0.2) is 64.3 Å². The van der Waals surface area contributed by atoms with Crippen LogP contribution in [0.2, 0.25) is 0 Å². The van der Waals surface area contributed by atoms with Gasteiger partial charge >= 0.3 is 0 Å². The van der Waals surface area contributed by atoms with Gasteiger partial charge in [0.15, 0.2) is 0 Å². The SMILES string of the molecule is Cc1nn(C)cc1NC(=O)CN1CCN(C2Cc3ccccc3C2)CC1. The summed E-state index contributed by atoms with van der Waals surface area (Å²) in [6.07, 6.45) is 4.18. The maximum Gasteiger partial charge on any atom is 0.238 e. The number of nitrogens with zero attached hydrogens (tertiary/aromatic N) is 4. The van der Waals surface area contributed by atoms with Gasteiger partial charge in [-0.15, -0.1) is 0 Å². The number of anilines is 1. The van der Waals surface area contributed by atoms with E-state index in [2.05, 4.69) is 44.5 Å². The number of hydrogen-bond donors (Lipinski definition) is 1. The highest BCUT2D eigenvalue weighted by Crippen LogP contribution is 2.26. The average Bonchev–Trinajstić information content (AvgIpc) is 3.18. The van der Waals surface area contributed by atoms with Gasteiger partial charge in [-0.05, 0) is 30.9 Å². The van der Waals surface area contributed by atoms with Crippen LogP contribution in [0.5, 0.6) is 0 Å². The lowest BCUT2D eigenvalue weighted by molar-refractivity contribution is -0.117. The van der Waals surface area contributed by atoms with Crippen molar-refractivity contribution in [3.63, 3.8) is 0 Å². The summed E-state index contributed by atoms with van der Waals surface area (Å²) in [5.41, 5.74) is 4.67. The van der Waals surface area contributed by atoms with E-state index in [9.17, 15) is 4.79 Å². The molecule has 1 fully saturated rings. The molecule has 0 atom stereocenters. The summed E-state index contributed by atoms with van der Waals surface area (Å²) in [6, 6.07) is 9.43. The molecule has 1 saturated heterocycles. The monoisotopic (exact) mass is 353 g/mol. The second-order valence-electron chi connectivity index (χ2n) is 7.49. The zero-order chi connectivity index (χ0) is 18.1. The number of aryl methyl sites for hydroxylation is 2. The molecule has 1 N–H and O–H groups in total. The molecule has 1 aromatic carbocycles. The quantitative estimate of drug-likeness (QED) is 0.904. The van der Waals surface area contributed by atoms with Crippen LogP contribution in [0.1, 0.15) is 16.8 Å². The van der Waals surface area contributed by atoms with E-state index in [1.54, 1.807) is 4.68 Å². The topological polar surface area (TPSA) is 53.4 Å². The Bertz CT molecular complexity index is 766. The average molecular weight is 353 g/mol. The predicted octanol–water partition coefficient (Wildman–Crippen LogP) is 1.45. The molecular formula is C20H27N5O. The number of fused-ring (bicyclic) bond motifs is 1. The molecule has 2 heterocycles. The van der Waals surface area contributed by atoms with Gasteiger partial charge < -0.3 is 5.32 Å². The van der Waals surface area contributed by atoms with Crippen molar-refractivity contribution < 1.29 is 4.79 Å². The van der Waals surface area contributed by atoms with Gasteiger partial charge in [0.25, 0.3) is 0 Å². The van der Waals surface area contributed by atoms with Crippen molar-refractivity contribution >= 4 is 11.6 Å². The molecular weight excluding hydrogens is 326 g/mol. The molecule has 1 aromatic heterocycles. The summed E-state index contributed by atoms with van der Waals surface area (Å²) in [7, 11) is 1.86. The molecule has 1 aliphatic heterocycles. The van der Waals surface area contributed by atoms with E-state index in [1.807, 2.05) is 20.2 Å². The predicted molar refractivity (Wildman–Crippen MR) is 102 cm³/mol. The zero-order valence-electron chi connectivity index (χ0n) is 15.6. The second kappa shape index (κ2) is 7.21. The molecule has 0 unspecified atom stereocenters. The lowest BCUT2D eigenvalue weighted by Gasteiger charge is -2.37. The Balaban J connectivity index is 1.25. The van der Waals surface area contributed by atoms with Crippen molar-refractivity contribution in [1.29, 1.82) is 0 Å². The van der Waals surface area contributed by atoms with Crippen LogP contribution in [-0.2, 0) is 24.7 Å². The Morgan fingerprint density at radius 2 is 1.81 bits per heavy atom. The molecule has 0 radical (unpaired) electrons. The molecule has 1 aliphatic carbocycles. The number of hydrogen-bond acceptors (Lipinski definition) is 4. The van der Waals surface area contributed by atoms with E-state index in [1.165, 1.54) is 11.1 Å². The largest absolute Gasteiger partial charge is 0.322 e. The Kier molecular flexibility index (Phi) is 4.78.